The fourth-order valence-corrected chi connectivity index (χ4v) is 4.78. The minimum absolute atomic E-state index is 0.0124. The smallest absolute Gasteiger partial charge is 0.480 e. The Labute approximate surface area is 176 Å². The Bertz CT molecular complexity index is 750. The van der Waals surface area contributed by atoms with Gasteiger partial charge in [-0.1, -0.05) is 6.42 Å². The zero-order valence-electron chi connectivity index (χ0n) is 16.3. The standard InChI is InChI=1S/C12H25BN4O6S.C2HF3O2/c14-9-4-10(5-9)16-24(22,23)17-6-8(2-1-3-13(20)21)12(15,7-17)11(18)19;3-2(4,5)1(6)7/h8-10,16,20-21H,1-7,14-15H2,(H,18,19);(H,6,7)/t8-,9?,10?,12-;/m1./s1. The van der Waals surface area contributed by atoms with E-state index in [1.54, 1.807) is 0 Å². The van der Waals surface area contributed by atoms with Gasteiger partial charge in [-0.25, -0.2) is 4.79 Å². The van der Waals surface area contributed by atoms with Crippen LogP contribution in [0.2, 0.25) is 6.32 Å². The summed E-state index contributed by atoms with van der Waals surface area (Å²) >= 11 is 0. The molecule has 12 nitrogen and oxygen atoms in total. The predicted octanol–water partition coefficient (Wildman–Crippen LogP) is -2.09. The summed E-state index contributed by atoms with van der Waals surface area (Å²) in [5.74, 6) is -4.62. The second-order valence-corrected chi connectivity index (χ2v) is 9.30. The topological polar surface area (TPSA) is 217 Å². The van der Waals surface area contributed by atoms with Crippen LogP contribution in [0.3, 0.4) is 0 Å². The molecule has 1 heterocycles. The Balaban J connectivity index is 0.000000592. The van der Waals surface area contributed by atoms with Crippen LogP contribution in [0.1, 0.15) is 25.7 Å². The van der Waals surface area contributed by atoms with E-state index >= 15 is 0 Å². The summed E-state index contributed by atoms with van der Waals surface area (Å²) in [4.78, 5) is 20.4. The van der Waals surface area contributed by atoms with Gasteiger partial charge in [0.1, 0.15) is 5.54 Å². The van der Waals surface area contributed by atoms with E-state index in [0.717, 1.165) is 4.31 Å². The normalized spacial score (nSPS) is 28.9. The molecule has 0 bridgehead atoms. The molecule has 180 valence electrons. The van der Waals surface area contributed by atoms with Crippen molar-refractivity contribution in [3.8, 4) is 0 Å². The SMILES string of the molecule is NC1CC(NS(=O)(=O)N2C[C@@H](CCCB(O)O)[C@@](N)(C(=O)O)C2)C1.O=C(O)C(F)(F)F. The molecule has 9 N–H and O–H groups in total. The van der Waals surface area contributed by atoms with Crippen LogP contribution in [0.25, 0.3) is 0 Å². The number of hydrogen-bond donors (Lipinski definition) is 7. The summed E-state index contributed by atoms with van der Waals surface area (Å²) in [5.41, 5.74) is 9.92. The summed E-state index contributed by atoms with van der Waals surface area (Å²) in [6.45, 7) is -0.332. The first-order valence-corrected chi connectivity index (χ1v) is 10.6. The van der Waals surface area contributed by atoms with Crippen molar-refractivity contribution < 1.29 is 51.4 Å². The van der Waals surface area contributed by atoms with Crippen molar-refractivity contribution in [3.63, 3.8) is 0 Å². The van der Waals surface area contributed by atoms with Crippen LogP contribution in [-0.4, -0.2) is 88.9 Å². The van der Waals surface area contributed by atoms with Gasteiger partial charge in [-0.05, 0) is 25.6 Å². The lowest BCUT2D eigenvalue weighted by Gasteiger charge is -2.34. The van der Waals surface area contributed by atoms with Crippen LogP contribution < -0.4 is 16.2 Å². The van der Waals surface area contributed by atoms with E-state index in [1.807, 2.05) is 0 Å². The Hall–Kier alpha value is -1.50. The van der Waals surface area contributed by atoms with Crippen LogP contribution >= 0.6 is 0 Å². The van der Waals surface area contributed by atoms with Gasteiger partial charge in [0, 0.05) is 31.1 Å². The van der Waals surface area contributed by atoms with Crippen molar-refractivity contribution in [2.75, 3.05) is 13.1 Å². The molecule has 0 radical (unpaired) electrons. The molecule has 1 saturated heterocycles. The van der Waals surface area contributed by atoms with Gasteiger partial charge < -0.3 is 31.7 Å². The second-order valence-electron chi connectivity index (χ2n) is 7.60. The fraction of sp³-hybridized carbons (Fsp3) is 0.857. The fourth-order valence-electron chi connectivity index (χ4n) is 3.26. The van der Waals surface area contributed by atoms with Gasteiger partial charge in [-0.15, -0.1) is 0 Å². The zero-order valence-corrected chi connectivity index (χ0v) is 17.1. The monoisotopic (exact) mass is 478 g/mol. The quantitative estimate of drug-likeness (QED) is 0.189. The van der Waals surface area contributed by atoms with Crippen molar-refractivity contribution in [1.82, 2.24) is 9.03 Å². The van der Waals surface area contributed by atoms with E-state index in [4.69, 9.17) is 31.4 Å². The zero-order chi connectivity index (χ0) is 24.2. The number of halogens is 3. The molecule has 31 heavy (non-hydrogen) atoms. The molecule has 1 aliphatic heterocycles. The first-order chi connectivity index (χ1) is 14.0. The third-order valence-corrected chi connectivity index (χ3v) is 6.67. The minimum Gasteiger partial charge on any atom is -0.480 e. The van der Waals surface area contributed by atoms with Crippen molar-refractivity contribution in [2.24, 2.45) is 17.4 Å². The number of hydrogen-bond acceptors (Lipinski definition) is 8. The Kier molecular flexibility index (Phi) is 9.25. The molecule has 0 aromatic heterocycles. The Morgan fingerprint density at radius 2 is 1.74 bits per heavy atom. The van der Waals surface area contributed by atoms with Gasteiger partial charge in [0.2, 0.25) is 0 Å². The highest BCUT2D eigenvalue weighted by molar-refractivity contribution is 7.87. The van der Waals surface area contributed by atoms with Gasteiger partial charge in [-0.3, -0.25) is 4.79 Å². The summed E-state index contributed by atoms with van der Waals surface area (Å²) in [7, 11) is -5.32. The molecule has 0 unspecified atom stereocenters. The van der Waals surface area contributed by atoms with Gasteiger partial charge in [-0.2, -0.15) is 30.6 Å². The molecule has 0 aromatic rings. The molecular formula is C14H26BF3N4O8S. The van der Waals surface area contributed by atoms with Crippen molar-refractivity contribution in [1.29, 1.82) is 0 Å². The molecule has 2 aliphatic rings. The van der Waals surface area contributed by atoms with E-state index in [-0.39, 0.29) is 31.5 Å². The van der Waals surface area contributed by atoms with E-state index < -0.39 is 46.9 Å². The van der Waals surface area contributed by atoms with Crippen LogP contribution in [0.15, 0.2) is 0 Å². The summed E-state index contributed by atoms with van der Waals surface area (Å²) < 4.78 is 60.2. The maximum Gasteiger partial charge on any atom is 0.490 e. The number of alkyl halides is 3. The van der Waals surface area contributed by atoms with Crippen molar-refractivity contribution in [3.05, 3.63) is 0 Å². The van der Waals surface area contributed by atoms with Crippen molar-refractivity contribution in [2.45, 2.75) is 55.8 Å². The lowest BCUT2D eigenvalue weighted by Crippen LogP contribution is -2.56. The second kappa shape index (κ2) is 10.4. The van der Waals surface area contributed by atoms with E-state index in [1.165, 1.54) is 0 Å². The minimum atomic E-state index is -5.08. The number of carboxylic acid groups (broad SMARTS) is 2. The average molecular weight is 478 g/mol. The maximum atomic E-state index is 12.4. The molecule has 0 aromatic carbocycles. The molecule has 17 heteroatoms. The first-order valence-electron chi connectivity index (χ1n) is 9.20. The summed E-state index contributed by atoms with van der Waals surface area (Å²) in [6.07, 6.45) is -3.26. The number of rotatable bonds is 8. The van der Waals surface area contributed by atoms with E-state index in [0.29, 0.717) is 25.7 Å². The Morgan fingerprint density at radius 3 is 2.13 bits per heavy atom. The largest absolute Gasteiger partial charge is 0.490 e. The van der Waals surface area contributed by atoms with Crippen LogP contribution in [-0.2, 0) is 19.8 Å². The van der Waals surface area contributed by atoms with Gasteiger partial charge in [0.25, 0.3) is 10.2 Å². The highest BCUT2D eigenvalue weighted by Gasteiger charge is 2.52. The molecule has 2 fully saturated rings. The molecule has 0 amide bonds. The highest BCUT2D eigenvalue weighted by Crippen LogP contribution is 2.32. The average Bonchev–Trinajstić information content (AvgIpc) is 2.92. The third kappa shape index (κ3) is 7.85. The lowest BCUT2D eigenvalue weighted by atomic mass is 9.78. The van der Waals surface area contributed by atoms with Gasteiger partial charge in [0.15, 0.2) is 0 Å². The summed E-state index contributed by atoms with van der Waals surface area (Å²) in [6, 6.07) is -0.243. The maximum absolute atomic E-state index is 12.4. The van der Waals surface area contributed by atoms with Gasteiger partial charge in [0.05, 0.1) is 0 Å². The number of nitrogens with two attached hydrogens (primary N) is 2. The number of aliphatic carboxylic acids is 2. The molecule has 1 saturated carbocycles. The highest BCUT2D eigenvalue weighted by atomic mass is 32.2. The predicted molar refractivity (Wildman–Crippen MR) is 101 cm³/mol. The molecular weight excluding hydrogens is 452 g/mol. The van der Waals surface area contributed by atoms with E-state index in [2.05, 4.69) is 4.72 Å². The van der Waals surface area contributed by atoms with Gasteiger partial charge >= 0.3 is 25.2 Å². The number of nitrogens with one attached hydrogen (secondary N) is 1. The van der Waals surface area contributed by atoms with Crippen LogP contribution in [0, 0.1) is 5.92 Å². The van der Waals surface area contributed by atoms with Crippen LogP contribution in [0.5, 0.6) is 0 Å². The molecule has 2 rings (SSSR count). The third-order valence-electron chi connectivity index (χ3n) is 5.08. The summed E-state index contributed by atoms with van der Waals surface area (Å²) in [5, 5.41) is 34.3. The number of nitrogens with zero attached hydrogens (tertiary/aromatic N) is 1. The number of carbonyl (C=O) groups is 2. The van der Waals surface area contributed by atoms with E-state index in [9.17, 15) is 31.5 Å². The number of carboxylic acids is 2. The molecule has 2 atom stereocenters. The molecule has 0 spiro atoms. The lowest BCUT2D eigenvalue weighted by molar-refractivity contribution is -0.192. The Morgan fingerprint density at radius 1 is 1.23 bits per heavy atom. The first kappa shape index (κ1) is 27.5. The van der Waals surface area contributed by atoms with Crippen LogP contribution in [0.4, 0.5) is 13.2 Å². The van der Waals surface area contributed by atoms with Crippen molar-refractivity contribution >= 4 is 29.3 Å². The molecule has 1 aliphatic carbocycles.